The molecule has 0 radical (unpaired) electrons. The Kier molecular flexibility index (Phi) is 13.2. The van der Waals surface area contributed by atoms with Crippen LogP contribution in [-0.2, 0) is 0 Å². The quantitative estimate of drug-likeness (QED) is 0.143. The molecule has 2 amide bonds. The molecular formula is C29H40N2O3S. The molecule has 0 heterocycles. The number of ketones is 1. The van der Waals surface area contributed by atoms with Crippen LogP contribution >= 0.6 is 11.8 Å². The smallest absolute Gasteiger partial charge is 0.255 e. The fourth-order valence-electron chi connectivity index (χ4n) is 3.82. The highest BCUT2D eigenvalue weighted by Gasteiger charge is 2.14. The number of benzene rings is 2. The van der Waals surface area contributed by atoms with Crippen LogP contribution in [0.5, 0.6) is 0 Å². The Morgan fingerprint density at radius 2 is 1.31 bits per heavy atom. The monoisotopic (exact) mass is 496 g/mol. The Bertz CT molecular complexity index is 957. The molecule has 0 bridgehead atoms. The number of anilines is 1. The van der Waals surface area contributed by atoms with Crippen LogP contribution in [0.3, 0.4) is 0 Å². The molecular weight excluding hydrogens is 456 g/mol. The second kappa shape index (κ2) is 16.1. The lowest BCUT2D eigenvalue weighted by Gasteiger charge is -2.12. The van der Waals surface area contributed by atoms with Gasteiger partial charge in [-0.2, -0.15) is 0 Å². The van der Waals surface area contributed by atoms with Crippen molar-refractivity contribution >= 4 is 35.0 Å². The molecule has 5 nitrogen and oxygen atoms in total. The molecule has 0 atom stereocenters. The molecule has 6 heteroatoms. The summed E-state index contributed by atoms with van der Waals surface area (Å²) in [6, 6.07) is 12.2. The lowest BCUT2D eigenvalue weighted by molar-refractivity contribution is 0.0950. The van der Waals surface area contributed by atoms with Crippen molar-refractivity contribution in [2.24, 2.45) is 0 Å². The van der Waals surface area contributed by atoms with E-state index in [2.05, 4.69) is 24.5 Å². The highest BCUT2D eigenvalue weighted by molar-refractivity contribution is 7.98. The molecule has 2 N–H and O–H groups in total. The molecule has 0 saturated carbocycles. The van der Waals surface area contributed by atoms with Crippen molar-refractivity contribution in [3.8, 4) is 0 Å². The van der Waals surface area contributed by atoms with Gasteiger partial charge in [-0.15, -0.1) is 11.8 Å². The largest absolute Gasteiger partial charge is 0.352 e. The number of carbonyl (C=O) groups is 3. The molecule has 0 saturated heterocycles. The average Bonchev–Trinajstić information content (AvgIpc) is 2.88. The SMILES string of the molecule is CCCCCCCCCC(=O)c1ccc(C(=O)Nc2cc(C(=O)NCCCC)ccc2SC)cc1. The van der Waals surface area contributed by atoms with Gasteiger partial charge in [0, 0.05) is 34.6 Å². The maximum atomic E-state index is 12.9. The van der Waals surface area contributed by atoms with Crippen LogP contribution in [0.2, 0.25) is 0 Å². The van der Waals surface area contributed by atoms with E-state index in [-0.39, 0.29) is 17.6 Å². The highest BCUT2D eigenvalue weighted by atomic mass is 32.2. The second-order valence-electron chi connectivity index (χ2n) is 8.85. The maximum absolute atomic E-state index is 12.9. The topological polar surface area (TPSA) is 75.3 Å². The van der Waals surface area contributed by atoms with E-state index in [1.165, 1.54) is 43.9 Å². The summed E-state index contributed by atoms with van der Waals surface area (Å²) in [4.78, 5) is 38.7. The van der Waals surface area contributed by atoms with Gasteiger partial charge in [0.25, 0.3) is 11.8 Å². The first-order valence-corrected chi connectivity index (χ1v) is 14.1. The zero-order chi connectivity index (χ0) is 25.5. The molecule has 0 unspecified atom stereocenters. The van der Waals surface area contributed by atoms with Gasteiger partial charge in [-0.25, -0.2) is 0 Å². The van der Waals surface area contributed by atoms with Crippen molar-refractivity contribution < 1.29 is 14.4 Å². The van der Waals surface area contributed by atoms with Crippen LogP contribution in [0.25, 0.3) is 0 Å². The van der Waals surface area contributed by atoms with Gasteiger partial charge in [0.1, 0.15) is 0 Å². The summed E-state index contributed by atoms with van der Waals surface area (Å²) in [5, 5.41) is 5.83. The first kappa shape index (κ1) is 28.6. The minimum atomic E-state index is -0.269. The predicted molar refractivity (Wildman–Crippen MR) is 147 cm³/mol. The molecule has 2 aromatic carbocycles. The third-order valence-corrected chi connectivity index (χ3v) is 6.80. The second-order valence-corrected chi connectivity index (χ2v) is 9.70. The molecule has 0 aliphatic heterocycles. The van der Waals surface area contributed by atoms with Crippen molar-refractivity contribution in [3.63, 3.8) is 0 Å². The van der Waals surface area contributed by atoms with Gasteiger partial charge >= 0.3 is 0 Å². The van der Waals surface area contributed by atoms with Gasteiger partial charge in [-0.3, -0.25) is 14.4 Å². The normalized spacial score (nSPS) is 10.7. The first-order chi connectivity index (χ1) is 17.0. The van der Waals surface area contributed by atoms with Crippen molar-refractivity contribution in [1.82, 2.24) is 5.32 Å². The fourth-order valence-corrected chi connectivity index (χ4v) is 4.35. The zero-order valence-corrected chi connectivity index (χ0v) is 22.3. The number of thioether (sulfide) groups is 1. The molecule has 2 rings (SSSR count). The molecule has 0 aliphatic rings. The lowest BCUT2D eigenvalue weighted by Crippen LogP contribution is -2.24. The number of rotatable bonds is 16. The van der Waals surface area contributed by atoms with E-state index in [1.54, 1.807) is 36.4 Å². The maximum Gasteiger partial charge on any atom is 0.255 e. The summed E-state index contributed by atoms with van der Waals surface area (Å²) in [6.45, 7) is 4.92. The van der Waals surface area contributed by atoms with E-state index in [0.717, 1.165) is 30.6 Å². The molecule has 0 spiro atoms. The van der Waals surface area contributed by atoms with E-state index >= 15 is 0 Å². The summed E-state index contributed by atoms with van der Waals surface area (Å²) in [6.07, 6.45) is 12.7. The summed E-state index contributed by atoms with van der Waals surface area (Å²) >= 11 is 1.50. The van der Waals surface area contributed by atoms with E-state index < -0.39 is 0 Å². The van der Waals surface area contributed by atoms with Crippen molar-refractivity contribution in [1.29, 1.82) is 0 Å². The average molecular weight is 497 g/mol. The Balaban J connectivity index is 1.93. The van der Waals surface area contributed by atoms with Crippen LogP contribution in [0.15, 0.2) is 47.4 Å². The van der Waals surface area contributed by atoms with Gasteiger partial charge in [0.2, 0.25) is 0 Å². The predicted octanol–water partition coefficient (Wildman–Crippen LogP) is 7.51. The van der Waals surface area contributed by atoms with Crippen molar-refractivity contribution in [3.05, 3.63) is 59.2 Å². The van der Waals surface area contributed by atoms with E-state index in [4.69, 9.17) is 0 Å². The molecule has 0 aliphatic carbocycles. The van der Waals surface area contributed by atoms with Gasteiger partial charge in [-0.1, -0.05) is 70.9 Å². The summed E-state index contributed by atoms with van der Waals surface area (Å²) < 4.78 is 0. The standard InChI is InChI=1S/C29H40N2O3S/c1-4-6-8-9-10-11-12-13-26(32)22-14-16-23(17-15-22)29(34)31-25-21-24(18-19-27(25)35-3)28(33)30-20-7-5-2/h14-19,21H,4-13,20H2,1-3H3,(H,30,33)(H,31,34). The number of hydrogen-bond donors (Lipinski definition) is 2. The Morgan fingerprint density at radius 3 is 1.97 bits per heavy atom. The molecule has 190 valence electrons. The third kappa shape index (κ3) is 9.88. The molecule has 0 fully saturated rings. The number of amides is 2. The lowest BCUT2D eigenvalue weighted by atomic mass is 10.0. The summed E-state index contributed by atoms with van der Waals surface area (Å²) in [7, 11) is 0. The van der Waals surface area contributed by atoms with Crippen molar-refractivity contribution in [2.45, 2.75) is 83.0 Å². The Morgan fingerprint density at radius 1 is 0.714 bits per heavy atom. The number of carbonyl (C=O) groups excluding carboxylic acids is 3. The fraction of sp³-hybridized carbons (Fsp3) is 0.483. The van der Waals surface area contributed by atoms with Crippen LogP contribution in [-0.4, -0.2) is 30.4 Å². The Hall–Kier alpha value is -2.60. The number of nitrogens with one attached hydrogen (secondary N) is 2. The number of hydrogen-bond acceptors (Lipinski definition) is 4. The van der Waals surface area contributed by atoms with Crippen molar-refractivity contribution in [2.75, 3.05) is 18.1 Å². The first-order valence-electron chi connectivity index (χ1n) is 12.9. The highest BCUT2D eigenvalue weighted by Crippen LogP contribution is 2.27. The zero-order valence-electron chi connectivity index (χ0n) is 21.5. The Labute approximate surface area is 214 Å². The minimum absolute atomic E-state index is 0.122. The van der Waals surface area contributed by atoms with Crippen LogP contribution in [0.1, 0.15) is 109 Å². The van der Waals surface area contributed by atoms with Gasteiger partial charge in [-0.05, 0) is 49.4 Å². The number of unbranched alkanes of at least 4 members (excludes halogenated alkanes) is 7. The van der Waals surface area contributed by atoms with Gasteiger partial charge < -0.3 is 10.6 Å². The number of Topliss-reactive ketones (excluding diaryl/α,β-unsaturated/α-hetero) is 1. The van der Waals surface area contributed by atoms with Crippen LogP contribution < -0.4 is 10.6 Å². The summed E-state index contributed by atoms with van der Waals surface area (Å²) in [5.41, 5.74) is 2.23. The van der Waals surface area contributed by atoms with Crippen LogP contribution in [0.4, 0.5) is 5.69 Å². The van der Waals surface area contributed by atoms with Gasteiger partial charge in [0.15, 0.2) is 5.78 Å². The van der Waals surface area contributed by atoms with E-state index in [0.29, 0.717) is 35.3 Å². The van der Waals surface area contributed by atoms with Crippen LogP contribution in [0, 0.1) is 0 Å². The van der Waals surface area contributed by atoms with E-state index in [9.17, 15) is 14.4 Å². The minimum Gasteiger partial charge on any atom is -0.352 e. The summed E-state index contributed by atoms with van der Waals surface area (Å²) in [5.74, 6) is -0.294. The third-order valence-electron chi connectivity index (χ3n) is 6.00. The van der Waals surface area contributed by atoms with Gasteiger partial charge in [0.05, 0.1) is 5.69 Å². The molecule has 0 aromatic heterocycles. The molecule has 2 aromatic rings. The van der Waals surface area contributed by atoms with E-state index in [1.807, 2.05) is 12.3 Å². The molecule has 35 heavy (non-hydrogen) atoms.